The predicted octanol–water partition coefficient (Wildman–Crippen LogP) is 0.880. The zero-order valence-electron chi connectivity index (χ0n) is 11.6. The largest absolute Gasteiger partial charge is 0.497 e. The average molecular weight is 276 g/mol. The first-order valence-corrected chi connectivity index (χ1v) is 6.86. The molecule has 20 heavy (non-hydrogen) atoms. The van der Waals surface area contributed by atoms with Crippen molar-refractivity contribution in [1.82, 2.24) is 10.6 Å². The zero-order valence-corrected chi connectivity index (χ0v) is 11.6. The molecule has 0 aliphatic carbocycles. The second-order valence-corrected chi connectivity index (χ2v) is 4.93. The van der Waals surface area contributed by atoms with Gasteiger partial charge in [0.2, 0.25) is 11.8 Å². The summed E-state index contributed by atoms with van der Waals surface area (Å²) in [5.74, 6) is 0.588. The van der Waals surface area contributed by atoms with Crippen LogP contribution in [0.5, 0.6) is 5.75 Å². The second-order valence-electron chi connectivity index (χ2n) is 4.93. The van der Waals surface area contributed by atoms with Crippen LogP contribution in [0.15, 0.2) is 24.3 Å². The van der Waals surface area contributed by atoms with Crippen LogP contribution in [0.3, 0.4) is 0 Å². The minimum absolute atomic E-state index is 0.0200. The Labute approximate surface area is 118 Å². The highest BCUT2D eigenvalue weighted by atomic mass is 16.5. The van der Waals surface area contributed by atoms with Crippen LogP contribution < -0.4 is 15.4 Å². The molecule has 5 nitrogen and oxygen atoms in total. The summed E-state index contributed by atoms with van der Waals surface area (Å²) in [6.45, 7) is 1.18. The van der Waals surface area contributed by atoms with Crippen LogP contribution in [0.1, 0.15) is 18.4 Å². The molecule has 1 saturated heterocycles. The molecule has 1 atom stereocenters. The normalized spacial score (nSPS) is 18.2. The van der Waals surface area contributed by atoms with Gasteiger partial charge < -0.3 is 15.4 Å². The molecule has 5 heteroatoms. The van der Waals surface area contributed by atoms with Crippen molar-refractivity contribution in [1.29, 1.82) is 0 Å². The number of hydrogen-bond acceptors (Lipinski definition) is 3. The SMILES string of the molecule is COc1ccc(CCNC(=O)C2CCNC(=O)C2)cc1. The average Bonchev–Trinajstić information content (AvgIpc) is 2.48. The topological polar surface area (TPSA) is 67.4 Å². The Balaban J connectivity index is 1.74. The van der Waals surface area contributed by atoms with E-state index < -0.39 is 0 Å². The summed E-state index contributed by atoms with van der Waals surface area (Å²) in [6, 6.07) is 7.78. The van der Waals surface area contributed by atoms with Crippen molar-refractivity contribution in [2.24, 2.45) is 5.92 Å². The number of carbonyl (C=O) groups excluding carboxylic acids is 2. The summed E-state index contributed by atoms with van der Waals surface area (Å²) in [5, 5.41) is 5.63. The van der Waals surface area contributed by atoms with Gasteiger partial charge in [0.25, 0.3) is 0 Å². The Morgan fingerprint density at radius 3 is 2.80 bits per heavy atom. The summed E-state index contributed by atoms with van der Waals surface area (Å²) < 4.78 is 5.09. The molecule has 1 aromatic carbocycles. The van der Waals surface area contributed by atoms with E-state index in [-0.39, 0.29) is 17.7 Å². The van der Waals surface area contributed by atoms with E-state index in [9.17, 15) is 9.59 Å². The van der Waals surface area contributed by atoms with E-state index in [1.54, 1.807) is 7.11 Å². The van der Waals surface area contributed by atoms with Gasteiger partial charge in [-0.2, -0.15) is 0 Å². The predicted molar refractivity (Wildman–Crippen MR) is 75.4 cm³/mol. The van der Waals surface area contributed by atoms with Gasteiger partial charge in [0.05, 0.1) is 7.11 Å². The fourth-order valence-electron chi connectivity index (χ4n) is 2.27. The van der Waals surface area contributed by atoms with Gasteiger partial charge in [-0.25, -0.2) is 0 Å². The van der Waals surface area contributed by atoms with Crippen LogP contribution >= 0.6 is 0 Å². The van der Waals surface area contributed by atoms with E-state index in [1.165, 1.54) is 0 Å². The third-order valence-electron chi connectivity index (χ3n) is 3.49. The fourth-order valence-corrected chi connectivity index (χ4v) is 2.27. The van der Waals surface area contributed by atoms with Crippen molar-refractivity contribution < 1.29 is 14.3 Å². The molecule has 1 aliphatic rings. The highest BCUT2D eigenvalue weighted by Crippen LogP contribution is 2.13. The van der Waals surface area contributed by atoms with Crippen molar-refractivity contribution in [2.75, 3.05) is 20.2 Å². The number of hydrogen-bond donors (Lipinski definition) is 2. The number of amides is 2. The van der Waals surface area contributed by atoms with Crippen molar-refractivity contribution in [3.8, 4) is 5.75 Å². The summed E-state index contributed by atoms with van der Waals surface area (Å²) >= 11 is 0. The van der Waals surface area contributed by atoms with Gasteiger partial charge in [0.15, 0.2) is 0 Å². The number of ether oxygens (including phenoxy) is 1. The second kappa shape index (κ2) is 6.93. The van der Waals surface area contributed by atoms with Crippen LogP contribution in [0, 0.1) is 5.92 Å². The van der Waals surface area contributed by atoms with Gasteiger partial charge in [0, 0.05) is 25.4 Å². The van der Waals surface area contributed by atoms with Gasteiger partial charge in [-0.15, -0.1) is 0 Å². The lowest BCUT2D eigenvalue weighted by atomic mass is 9.96. The van der Waals surface area contributed by atoms with Gasteiger partial charge in [-0.05, 0) is 30.5 Å². The van der Waals surface area contributed by atoms with Gasteiger partial charge in [-0.1, -0.05) is 12.1 Å². The van der Waals surface area contributed by atoms with E-state index in [2.05, 4.69) is 10.6 Å². The lowest BCUT2D eigenvalue weighted by Crippen LogP contribution is -2.41. The Hall–Kier alpha value is -2.04. The van der Waals surface area contributed by atoms with Crippen LogP contribution in [0.4, 0.5) is 0 Å². The Morgan fingerprint density at radius 2 is 2.15 bits per heavy atom. The van der Waals surface area contributed by atoms with E-state index in [1.807, 2.05) is 24.3 Å². The maximum Gasteiger partial charge on any atom is 0.223 e. The van der Waals surface area contributed by atoms with Crippen LogP contribution in [0.2, 0.25) is 0 Å². The molecule has 0 radical (unpaired) electrons. The van der Waals surface area contributed by atoms with Crippen molar-refractivity contribution in [3.63, 3.8) is 0 Å². The molecule has 0 spiro atoms. The maximum atomic E-state index is 11.9. The third-order valence-corrected chi connectivity index (χ3v) is 3.49. The summed E-state index contributed by atoms with van der Waals surface area (Å²) in [6.07, 6.45) is 1.79. The minimum atomic E-state index is -0.181. The number of piperidine rings is 1. The van der Waals surface area contributed by atoms with Crippen LogP contribution in [-0.2, 0) is 16.0 Å². The lowest BCUT2D eigenvalue weighted by Gasteiger charge is -2.21. The van der Waals surface area contributed by atoms with E-state index in [0.717, 1.165) is 24.2 Å². The molecule has 2 amide bonds. The molecule has 1 unspecified atom stereocenters. The molecule has 2 N–H and O–H groups in total. The monoisotopic (exact) mass is 276 g/mol. The first-order chi connectivity index (χ1) is 9.69. The molecular weight excluding hydrogens is 256 g/mol. The van der Waals surface area contributed by atoms with E-state index in [0.29, 0.717) is 19.5 Å². The molecule has 1 aromatic rings. The minimum Gasteiger partial charge on any atom is -0.497 e. The standard InChI is InChI=1S/C15H20N2O3/c1-20-13-4-2-11(3-5-13)6-8-17-15(19)12-7-9-16-14(18)10-12/h2-5,12H,6-10H2,1H3,(H,16,18)(H,17,19). The summed E-state index contributed by atoms with van der Waals surface area (Å²) in [7, 11) is 1.63. The number of nitrogens with one attached hydrogen (secondary N) is 2. The summed E-state index contributed by atoms with van der Waals surface area (Å²) in [4.78, 5) is 23.2. The van der Waals surface area contributed by atoms with Crippen molar-refractivity contribution in [3.05, 3.63) is 29.8 Å². The first-order valence-electron chi connectivity index (χ1n) is 6.86. The number of methoxy groups -OCH3 is 1. The Kier molecular flexibility index (Phi) is 4.98. The van der Waals surface area contributed by atoms with E-state index in [4.69, 9.17) is 4.74 Å². The molecule has 108 valence electrons. The van der Waals surface area contributed by atoms with Gasteiger partial charge in [0.1, 0.15) is 5.75 Å². The zero-order chi connectivity index (χ0) is 14.4. The van der Waals surface area contributed by atoms with E-state index >= 15 is 0 Å². The maximum absolute atomic E-state index is 11.9. The highest BCUT2D eigenvalue weighted by Gasteiger charge is 2.24. The van der Waals surface area contributed by atoms with Crippen molar-refractivity contribution in [2.45, 2.75) is 19.3 Å². The number of carbonyl (C=O) groups is 2. The number of rotatable bonds is 5. The Bertz CT molecular complexity index is 471. The third kappa shape index (κ3) is 3.98. The lowest BCUT2D eigenvalue weighted by molar-refractivity contribution is -0.132. The van der Waals surface area contributed by atoms with Gasteiger partial charge >= 0.3 is 0 Å². The van der Waals surface area contributed by atoms with Crippen molar-refractivity contribution >= 4 is 11.8 Å². The quantitative estimate of drug-likeness (QED) is 0.839. The molecule has 1 aliphatic heterocycles. The number of benzene rings is 1. The van der Waals surface area contributed by atoms with Gasteiger partial charge in [-0.3, -0.25) is 9.59 Å². The first kappa shape index (κ1) is 14.4. The van der Waals surface area contributed by atoms with Crippen LogP contribution in [-0.4, -0.2) is 32.0 Å². The molecule has 0 saturated carbocycles. The smallest absolute Gasteiger partial charge is 0.223 e. The molecule has 2 rings (SSSR count). The molecular formula is C15H20N2O3. The molecule has 0 bridgehead atoms. The molecule has 1 fully saturated rings. The molecule has 0 aromatic heterocycles. The molecule has 1 heterocycles. The Morgan fingerprint density at radius 1 is 1.40 bits per heavy atom. The fraction of sp³-hybridized carbons (Fsp3) is 0.467. The summed E-state index contributed by atoms with van der Waals surface area (Å²) in [5.41, 5.74) is 1.15. The van der Waals surface area contributed by atoms with Crippen LogP contribution in [0.25, 0.3) is 0 Å². The highest BCUT2D eigenvalue weighted by molar-refractivity contribution is 5.86.